The molecule has 2 fully saturated rings. The molecular formula is C23H21ClF3NO6S. The number of sulfone groups is 1. The quantitative estimate of drug-likeness (QED) is 0.481. The van der Waals surface area contributed by atoms with Gasteiger partial charge in [-0.2, -0.15) is 0 Å². The number of anilines is 1. The van der Waals surface area contributed by atoms with Crippen molar-refractivity contribution < 1.29 is 41.4 Å². The summed E-state index contributed by atoms with van der Waals surface area (Å²) in [4.78, 5) is 23.5. The molecule has 12 heteroatoms. The second-order valence-electron chi connectivity index (χ2n) is 9.02. The lowest BCUT2D eigenvalue weighted by molar-refractivity contribution is -0.148. The molecule has 0 saturated heterocycles. The Morgan fingerprint density at radius 1 is 1.06 bits per heavy atom. The number of halogens is 4. The third kappa shape index (κ3) is 4.64. The topological polar surface area (TPSA) is 121 Å². The van der Waals surface area contributed by atoms with E-state index in [0.29, 0.717) is 25.0 Å². The van der Waals surface area contributed by atoms with Crippen molar-refractivity contribution in [2.24, 2.45) is 11.8 Å². The highest BCUT2D eigenvalue weighted by atomic mass is 35.5. The minimum Gasteiger partial charge on any atom is -0.481 e. The van der Waals surface area contributed by atoms with Crippen LogP contribution in [0.25, 0.3) is 0 Å². The van der Waals surface area contributed by atoms with Crippen LogP contribution in [0.5, 0.6) is 0 Å². The molecule has 35 heavy (non-hydrogen) atoms. The molecule has 1 unspecified atom stereocenters. The Kier molecular flexibility index (Phi) is 6.62. The van der Waals surface area contributed by atoms with E-state index in [0.717, 1.165) is 6.07 Å². The zero-order valence-electron chi connectivity index (χ0n) is 18.1. The van der Waals surface area contributed by atoms with Gasteiger partial charge in [-0.3, -0.25) is 9.59 Å². The highest BCUT2D eigenvalue weighted by molar-refractivity contribution is 7.92. The summed E-state index contributed by atoms with van der Waals surface area (Å²) in [6.45, 7) is 0. The average Bonchev–Trinajstić information content (AvgIpc) is 2.93. The summed E-state index contributed by atoms with van der Waals surface area (Å²) in [5, 5.41) is 21.2. The maximum atomic E-state index is 13.5. The van der Waals surface area contributed by atoms with Gasteiger partial charge >= 0.3 is 5.97 Å². The van der Waals surface area contributed by atoms with Crippen LogP contribution in [0.15, 0.2) is 35.2 Å². The van der Waals surface area contributed by atoms with Crippen LogP contribution in [0.4, 0.5) is 18.9 Å². The molecule has 2 aromatic carbocycles. The van der Waals surface area contributed by atoms with Crippen LogP contribution < -0.4 is 5.32 Å². The summed E-state index contributed by atoms with van der Waals surface area (Å²) in [5.41, 5.74) is -2.00. The van der Waals surface area contributed by atoms with Gasteiger partial charge in [0.2, 0.25) is 0 Å². The van der Waals surface area contributed by atoms with Crippen molar-refractivity contribution in [1.29, 1.82) is 0 Å². The van der Waals surface area contributed by atoms with Crippen molar-refractivity contribution in [3.05, 3.63) is 58.4 Å². The van der Waals surface area contributed by atoms with E-state index in [4.69, 9.17) is 11.6 Å². The smallest absolute Gasteiger partial charge is 0.306 e. The Morgan fingerprint density at radius 3 is 2.17 bits per heavy atom. The monoisotopic (exact) mass is 531 g/mol. The number of benzene rings is 2. The Hall–Kier alpha value is -2.63. The average molecular weight is 532 g/mol. The SMILES string of the molecule is O=C(O)C[C@@]1(O)C2CC[C@H]1C[C@H](S(=O)(=O)c1cc(C(=O)Nc3cc(F)c(F)c(F)c3)ccc1Cl)C2. The van der Waals surface area contributed by atoms with E-state index in [1.54, 1.807) is 0 Å². The number of carboxylic acids is 1. The van der Waals surface area contributed by atoms with E-state index in [2.05, 4.69) is 5.32 Å². The third-order valence-corrected chi connectivity index (χ3v) is 9.64. The molecule has 0 spiro atoms. The van der Waals surface area contributed by atoms with E-state index in [-0.39, 0.29) is 34.0 Å². The lowest BCUT2D eigenvalue weighted by atomic mass is 9.72. The van der Waals surface area contributed by atoms with Gasteiger partial charge < -0.3 is 15.5 Å². The fourth-order valence-electron chi connectivity index (χ4n) is 5.27. The molecule has 0 aromatic heterocycles. The number of aliphatic carboxylic acids is 1. The van der Waals surface area contributed by atoms with Crippen LogP contribution in [-0.2, 0) is 14.6 Å². The maximum Gasteiger partial charge on any atom is 0.306 e. The Balaban J connectivity index is 1.59. The van der Waals surface area contributed by atoms with E-state index >= 15 is 0 Å². The first-order valence-electron chi connectivity index (χ1n) is 10.8. The summed E-state index contributed by atoms with van der Waals surface area (Å²) in [6, 6.07) is 4.64. The van der Waals surface area contributed by atoms with Crippen LogP contribution in [-0.4, -0.2) is 41.4 Å². The number of carbonyl (C=O) groups excluding carboxylic acids is 1. The number of amides is 1. The molecule has 7 nitrogen and oxygen atoms in total. The van der Waals surface area contributed by atoms with Crippen molar-refractivity contribution in [3.8, 4) is 0 Å². The van der Waals surface area contributed by atoms with Gasteiger partial charge in [-0.1, -0.05) is 11.6 Å². The summed E-state index contributed by atoms with van der Waals surface area (Å²) >= 11 is 6.16. The summed E-state index contributed by atoms with van der Waals surface area (Å²) in [5.74, 6) is -7.78. The molecule has 0 heterocycles. The minimum atomic E-state index is -4.09. The second kappa shape index (κ2) is 9.11. The molecule has 2 bridgehead atoms. The van der Waals surface area contributed by atoms with Crippen molar-refractivity contribution >= 4 is 39.0 Å². The fourth-order valence-corrected chi connectivity index (χ4v) is 7.67. The molecule has 2 aliphatic carbocycles. The number of fused-ring (bicyclic) bond motifs is 2. The number of rotatable bonds is 6. The Bertz CT molecular complexity index is 1280. The van der Waals surface area contributed by atoms with Gasteiger partial charge in [0, 0.05) is 23.4 Å². The maximum absolute atomic E-state index is 13.5. The molecule has 4 atom stereocenters. The highest BCUT2D eigenvalue weighted by Crippen LogP contribution is 2.53. The third-order valence-electron chi connectivity index (χ3n) is 6.99. The molecule has 2 saturated carbocycles. The minimum absolute atomic E-state index is 0.0451. The van der Waals surface area contributed by atoms with Crippen molar-refractivity contribution in [1.82, 2.24) is 0 Å². The predicted molar refractivity (Wildman–Crippen MR) is 119 cm³/mol. The summed E-state index contributed by atoms with van der Waals surface area (Å²) in [7, 11) is -4.09. The van der Waals surface area contributed by atoms with Crippen LogP contribution in [0, 0.1) is 29.3 Å². The molecule has 4 rings (SSSR count). The first-order chi connectivity index (χ1) is 16.3. The van der Waals surface area contributed by atoms with Crippen molar-refractivity contribution in [2.45, 2.75) is 47.9 Å². The van der Waals surface area contributed by atoms with E-state index in [9.17, 15) is 41.4 Å². The molecule has 0 radical (unpaired) electrons. The number of carboxylic acid groups (broad SMARTS) is 1. The van der Waals surface area contributed by atoms with Crippen LogP contribution in [0.3, 0.4) is 0 Å². The zero-order chi connectivity index (χ0) is 25.7. The largest absolute Gasteiger partial charge is 0.481 e. The fraction of sp³-hybridized carbons (Fsp3) is 0.391. The van der Waals surface area contributed by atoms with E-state index < -0.39 is 68.3 Å². The first kappa shape index (κ1) is 25.5. The normalized spacial score (nSPS) is 25.9. The molecule has 188 valence electrons. The summed E-state index contributed by atoms with van der Waals surface area (Å²) in [6.07, 6.45) is 0.631. The number of aliphatic hydroxyl groups is 1. The number of carbonyl (C=O) groups is 2. The Morgan fingerprint density at radius 2 is 1.63 bits per heavy atom. The van der Waals surface area contributed by atoms with E-state index in [1.165, 1.54) is 12.1 Å². The molecule has 1 amide bonds. The standard InChI is InChI=1S/C23H21ClF3NO6S/c24-16-4-1-11(22(31)28-14-8-17(25)21(27)18(26)9-14)5-19(16)35(33,34)15-6-12-2-3-13(7-15)23(12,32)10-20(29)30/h1,4-5,8-9,12-13,15,32H,2-3,6-7,10H2,(H,28,31)(H,29,30)/t12-,13?,15-,23-/m0/s1. The van der Waals surface area contributed by atoms with Gasteiger partial charge in [-0.15, -0.1) is 0 Å². The van der Waals surface area contributed by atoms with Gasteiger partial charge in [0.1, 0.15) is 0 Å². The molecule has 3 N–H and O–H groups in total. The first-order valence-corrected chi connectivity index (χ1v) is 12.7. The summed E-state index contributed by atoms with van der Waals surface area (Å²) < 4.78 is 67.0. The molecular weight excluding hydrogens is 511 g/mol. The van der Waals surface area contributed by atoms with Crippen LogP contribution >= 0.6 is 11.6 Å². The molecule has 2 aliphatic rings. The number of hydrogen-bond donors (Lipinski definition) is 3. The van der Waals surface area contributed by atoms with Gasteiger partial charge in [-0.05, 0) is 55.7 Å². The lowest BCUT2D eigenvalue weighted by Crippen LogP contribution is -2.49. The van der Waals surface area contributed by atoms with Gasteiger partial charge in [0.05, 0.1) is 27.2 Å². The van der Waals surface area contributed by atoms with Crippen molar-refractivity contribution in [3.63, 3.8) is 0 Å². The molecule has 2 aromatic rings. The highest BCUT2D eigenvalue weighted by Gasteiger charge is 2.56. The Labute approximate surface area is 203 Å². The van der Waals surface area contributed by atoms with Crippen molar-refractivity contribution in [2.75, 3.05) is 5.32 Å². The predicted octanol–water partition coefficient (Wildman–Crippen LogP) is 4.18. The van der Waals surface area contributed by atoms with Crippen LogP contribution in [0.1, 0.15) is 42.5 Å². The zero-order valence-corrected chi connectivity index (χ0v) is 19.7. The molecule has 0 aliphatic heterocycles. The van der Waals surface area contributed by atoms with E-state index in [1.807, 2.05) is 0 Å². The van der Waals surface area contributed by atoms with Gasteiger partial charge in [0.25, 0.3) is 5.91 Å². The second-order valence-corrected chi connectivity index (χ2v) is 11.6. The number of hydrogen-bond acceptors (Lipinski definition) is 5. The lowest BCUT2D eigenvalue weighted by Gasteiger charge is -2.41. The van der Waals surface area contributed by atoms with Gasteiger partial charge in [-0.25, -0.2) is 21.6 Å². The van der Waals surface area contributed by atoms with Gasteiger partial charge in [0.15, 0.2) is 27.3 Å². The number of nitrogens with one attached hydrogen (secondary N) is 1. The van der Waals surface area contributed by atoms with Crippen LogP contribution in [0.2, 0.25) is 5.02 Å².